The topological polar surface area (TPSA) is 53.1 Å². The molecule has 0 radical (unpaired) electrons. The van der Waals surface area contributed by atoms with Crippen molar-refractivity contribution in [2.75, 3.05) is 12.8 Å². The third kappa shape index (κ3) is 1.52. The van der Waals surface area contributed by atoms with Crippen LogP contribution in [0.1, 0.15) is 5.56 Å². The summed E-state index contributed by atoms with van der Waals surface area (Å²) in [6.07, 6.45) is 1.77. The Kier molecular flexibility index (Phi) is 2.56. The van der Waals surface area contributed by atoms with Crippen molar-refractivity contribution >= 4 is 5.82 Å². The molecule has 1 aromatic heterocycles. The van der Waals surface area contributed by atoms with E-state index in [0.29, 0.717) is 5.82 Å². The van der Waals surface area contributed by atoms with E-state index in [1.807, 2.05) is 32.2 Å². The first-order chi connectivity index (χ1) is 7.65. The minimum atomic E-state index is 0.663. The number of nitrogens with zero attached hydrogens (tertiary/aromatic N) is 2. The zero-order chi connectivity index (χ0) is 11.7. The number of aryl methyl sites for hydroxylation is 1. The normalized spacial score (nSPS) is 10.4. The third-order valence-corrected chi connectivity index (χ3v) is 2.78. The monoisotopic (exact) mass is 217 g/mol. The van der Waals surface area contributed by atoms with Crippen LogP contribution >= 0.6 is 0 Å². The van der Waals surface area contributed by atoms with Gasteiger partial charge in [0.15, 0.2) is 0 Å². The number of ether oxygens (including phenoxy) is 1. The first-order valence-corrected chi connectivity index (χ1v) is 5.06. The molecule has 1 aromatic carbocycles. The van der Waals surface area contributed by atoms with E-state index >= 15 is 0 Å². The fourth-order valence-electron chi connectivity index (χ4n) is 1.78. The second kappa shape index (κ2) is 3.89. The average Bonchev–Trinajstić information content (AvgIpc) is 2.61. The van der Waals surface area contributed by atoms with Gasteiger partial charge in [-0.25, -0.2) is 0 Å². The predicted molar refractivity (Wildman–Crippen MR) is 64.3 cm³/mol. The lowest BCUT2D eigenvalue weighted by atomic mass is 10.0. The number of hydrogen-bond donors (Lipinski definition) is 1. The van der Waals surface area contributed by atoms with Crippen LogP contribution in [0.5, 0.6) is 5.75 Å². The highest BCUT2D eigenvalue weighted by Crippen LogP contribution is 2.32. The second-order valence-corrected chi connectivity index (χ2v) is 3.70. The minimum Gasteiger partial charge on any atom is -0.496 e. The van der Waals surface area contributed by atoms with Crippen molar-refractivity contribution in [1.29, 1.82) is 0 Å². The van der Waals surface area contributed by atoms with Gasteiger partial charge in [0.1, 0.15) is 11.6 Å². The number of anilines is 1. The molecule has 1 heterocycles. The molecule has 2 aromatic rings. The molecule has 0 aliphatic carbocycles. The third-order valence-electron chi connectivity index (χ3n) is 2.78. The molecule has 0 saturated heterocycles. The first kappa shape index (κ1) is 10.5. The van der Waals surface area contributed by atoms with Gasteiger partial charge >= 0.3 is 0 Å². The van der Waals surface area contributed by atoms with Crippen molar-refractivity contribution in [3.8, 4) is 16.9 Å². The van der Waals surface area contributed by atoms with Gasteiger partial charge in [-0.15, -0.1) is 0 Å². The largest absolute Gasteiger partial charge is 0.496 e. The van der Waals surface area contributed by atoms with Gasteiger partial charge in [-0.2, -0.15) is 5.10 Å². The quantitative estimate of drug-likeness (QED) is 0.836. The molecule has 84 valence electrons. The zero-order valence-electron chi connectivity index (χ0n) is 9.69. The molecule has 4 heteroatoms. The lowest BCUT2D eigenvalue weighted by molar-refractivity contribution is 0.412. The first-order valence-electron chi connectivity index (χ1n) is 5.06. The Morgan fingerprint density at radius 1 is 1.31 bits per heavy atom. The maximum atomic E-state index is 5.95. The molecular weight excluding hydrogens is 202 g/mol. The molecule has 0 aliphatic rings. The van der Waals surface area contributed by atoms with Gasteiger partial charge in [0.2, 0.25) is 0 Å². The van der Waals surface area contributed by atoms with Crippen molar-refractivity contribution < 1.29 is 4.74 Å². The highest BCUT2D eigenvalue weighted by Gasteiger charge is 2.11. The van der Waals surface area contributed by atoms with Crippen LogP contribution in [0.4, 0.5) is 5.82 Å². The maximum Gasteiger partial charge on any atom is 0.129 e. The Bertz CT molecular complexity index is 517. The summed E-state index contributed by atoms with van der Waals surface area (Å²) in [6.45, 7) is 2.01. The molecule has 2 rings (SSSR count). The van der Waals surface area contributed by atoms with E-state index < -0.39 is 0 Å². The van der Waals surface area contributed by atoms with Crippen LogP contribution in [-0.4, -0.2) is 16.9 Å². The van der Waals surface area contributed by atoms with Gasteiger partial charge in [0, 0.05) is 12.6 Å². The van der Waals surface area contributed by atoms with Crippen LogP contribution in [0, 0.1) is 6.92 Å². The second-order valence-electron chi connectivity index (χ2n) is 3.70. The zero-order valence-corrected chi connectivity index (χ0v) is 9.69. The number of nitrogens with two attached hydrogens (primary N) is 1. The molecule has 0 aliphatic heterocycles. The SMILES string of the molecule is COc1cccc(-c2cnn(C)c2N)c1C. The van der Waals surface area contributed by atoms with Crippen molar-refractivity contribution in [2.24, 2.45) is 7.05 Å². The highest BCUT2D eigenvalue weighted by atomic mass is 16.5. The summed E-state index contributed by atoms with van der Waals surface area (Å²) in [6, 6.07) is 5.91. The van der Waals surface area contributed by atoms with E-state index in [0.717, 1.165) is 22.4 Å². The Morgan fingerprint density at radius 2 is 2.06 bits per heavy atom. The fourth-order valence-corrected chi connectivity index (χ4v) is 1.78. The van der Waals surface area contributed by atoms with Gasteiger partial charge in [-0.3, -0.25) is 4.68 Å². The van der Waals surface area contributed by atoms with Gasteiger partial charge < -0.3 is 10.5 Å². The number of nitrogen functional groups attached to an aromatic ring is 1. The average molecular weight is 217 g/mol. The van der Waals surface area contributed by atoms with Crippen molar-refractivity contribution in [3.05, 3.63) is 30.0 Å². The summed E-state index contributed by atoms with van der Waals surface area (Å²) in [7, 11) is 3.49. The van der Waals surface area contributed by atoms with Crippen molar-refractivity contribution in [2.45, 2.75) is 6.92 Å². The van der Waals surface area contributed by atoms with E-state index in [9.17, 15) is 0 Å². The Hall–Kier alpha value is -1.97. The summed E-state index contributed by atoms with van der Waals surface area (Å²) >= 11 is 0. The summed E-state index contributed by atoms with van der Waals surface area (Å²) in [5.41, 5.74) is 9.03. The van der Waals surface area contributed by atoms with Crippen molar-refractivity contribution in [3.63, 3.8) is 0 Å². The molecule has 0 saturated carbocycles. The van der Waals surface area contributed by atoms with Gasteiger partial charge in [0.05, 0.1) is 13.3 Å². The maximum absolute atomic E-state index is 5.95. The van der Waals surface area contributed by atoms with Crippen LogP contribution in [0.2, 0.25) is 0 Å². The van der Waals surface area contributed by atoms with E-state index in [1.165, 1.54) is 0 Å². The number of hydrogen-bond acceptors (Lipinski definition) is 3. The van der Waals surface area contributed by atoms with E-state index in [-0.39, 0.29) is 0 Å². The van der Waals surface area contributed by atoms with Gasteiger partial charge in [-0.1, -0.05) is 12.1 Å². The number of rotatable bonds is 2. The fraction of sp³-hybridized carbons (Fsp3) is 0.250. The number of benzene rings is 1. The highest BCUT2D eigenvalue weighted by molar-refractivity contribution is 5.77. The smallest absolute Gasteiger partial charge is 0.129 e. The molecule has 0 unspecified atom stereocenters. The molecular formula is C12H15N3O. The molecule has 0 amide bonds. The van der Waals surface area contributed by atoms with Crippen molar-refractivity contribution in [1.82, 2.24) is 9.78 Å². The molecule has 0 fully saturated rings. The molecule has 16 heavy (non-hydrogen) atoms. The molecule has 0 bridgehead atoms. The van der Waals surface area contributed by atoms with Gasteiger partial charge in [-0.05, 0) is 24.1 Å². The predicted octanol–water partition coefficient (Wildman–Crippen LogP) is 1.99. The summed E-state index contributed by atoms with van der Waals surface area (Å²) in [4.78, 5) is 0. The lowest BCUT2D eigenvalue weighted by Gasteiger charge is -2.09. The summed E-state index contributed by atoms with van der Waals surface area (Å²) < 4.78 is 6.95. The number of methoxy groups -OCH3 is 1. The van der Waals surface area contributed by atoms with E-state index in [2.05, 4.69) is 5.10 Å². The van der Waals surface area contributed by atoms with E-state index in [1.54, 1.807) is 18.0 Å². The Morgan fingerprint density at radius 3 is 2.62 bits per heavy atom. The van der Waals surface area contributed by atoms with Crippen LogP contribution in [0.3, 0.4) is 0 Å². The van der Waals surface area contributed by atoms with Crippen LogP contribution < -0.4 is 10.5 Å². The molecule has 2 N–H and O–H groups in total. The summed E-state index contributed by atoms with van der Waals surface area (Å²) in [5.74, 6) is 1.53. The van der Waals surface area contributed by atoms with Crippen LogP contribution in [0.15, 0.2) is 24.4 Å². The Labute approximate surface area is 94.6 Å². The Balaban J connectivity index is 2.60. The van der Waals surface area contributed by atoms with Gasteiger partial charge in [0.25, 0.3) is 0 Å². The standard InChI is InChI=1S/C12H15N3O/c1-8-9(5-4-6-11(8)16-3)10-7-14-15(2)12(10)13/h4-7H,13H2,1-3H3. The molecule has 0 spiro atoms. The minimum absolute atomic E-state index is 0.663. The van der Waals surface area contributed by atoms with Crippen LogP contribution in [0.25, 0.3) is 11.1 Å². The lowest BCUT2D eigenvalue weighted by Crippen LogP contribution is -1.98. The van der Waals surface area contributed by atoms with E-state index in [4.69, 9.17) is 10.5 Å². The number of aromatic nitrogens is 2. The molecule has 0 atom stereocenters. The summed E-state index contributed by atoms with van der Waals surface area (Å²) in [5, 5.41) is 4.14. The van der Waals surface area contributed by atoms with Crippen LogP contribution in [-0.2, 0) is 7.05 Å². The molecule has 4 nitrogen and oxygen atoms in total.